The number of hydrogen-bond acceptors (Lipinski definition) is 7. The van der Waals surface area contributed by atoms with Crippen molar-refractivity contribution < 1.29 is 5.11 Å². The monoisotopic (exact) mass is 280 g/mol. The quantitative estimate of drug-likeness (QED) is 0.461. The number of pyridine rings is 1. The number of thioether (sulfide) groups is 1. The van der Waals surface area contributed by atoms with E-state index in [4.69, 9.17) is 5.73 Å². The van der Waals surface area contributed by atoms with Crippen molar-refractivity contribution >= 4 is 49.5 Å². The molecule has 6 nitrogen and oxygen atoms in total. The second kappa shape index (κ2) is 3.85. The van der Waals surface area contributed by atoms with Crippen LogP contribution in [-0.4, -0.2) is 26.3 Å². The number of hydrogen-bond donors (Lipinski definition) is 3. The van der Waals surface area contributed by atoms with E-state index in [-0.39, 0.29) is 17.3 Å². The fraction of sp³-hybridized carbons (Fsp3) is 0.100. The first kappa shape index (κ1) is 11.3. The molecule has 0 fully saturated rings. The SMILES string of the molecule is CSc1nc(N)nc2sc3c(O)cc(=O)[nH]c3c12. The average molecular weight is 280 g/mol. The standard InChI is InChI=1S/C10H8N4O2S2/c1-17-8-5-6-7(3(15)2-4(16)12-6)18-9(5)14-10(11)13-8/h2H,1H3,(H2,11,13,14)(H2,12,15,16). The third-order valence-electron chi connectivity index (χ3n) is 2.48. The van der Waals surface area contributed by atoms with Crippen LogP contribution in [-0.2, 0) is 0 Å². The van der Waals surface area contributed by atoms with E-state index in [9.17, 15) is 9.90 Å². The van der Waals surface area contributed by atoms with Crippen LogP contribution >= 0.6 is 23.1 Å². The number of aromatic hydroxyl groups is 1. The van der Waals surface area contributed by atoms with E-state index in [1.165, 1.54) is 23.1 Å². The van der Waals surface area contributed by atoms with Crippen LogP contribution in [0, 0.1) is 0 Å². The minimum atomic E-state index is -0.358. The zero-order valence-corrected chi connectivity index (χ0v) is 10.9. The van der Waals surface area contributed by atoms with Gasteiger partial charge in [0, 0.05) is 6.07 Å². The van der Waals surface area contributed by atoms with Crippen LogP contribution in [0.2, 0.25) is 0 Å². The third kappa shape index (κ3) is 1.53. The summed E-state index contributed by atoms with van der Waals surface area (Å²) in [7, 11) is 0. The van der Waals surface area contributed by atoms with E-state index in [0.717, 1.165) is 11.5 Å². The number of anilines is 1. The molecule has 0 bridgehead atoms. The average Bonchev–Trinajstić information content (AvgIpc) is 2.66. The first-order valence-electron chi connectivity index (χ1n) is 4.96. The van der Waals surface area contributed by atoms with Gasteiger partial charge >= 0.3 is 0 Å². The van der Waals surface area contributed by atoms with Gasteiger partial charge < -0.3 is 15.8 Å². The van der Waals surface area contributed by atoms with Gasteiger partial charge in [-0.15, -0.1) is 23.1 Å². The van der Waals surface area contributed by atoms with Crippen molar-refractivity contribution in [3.63, 3.8) is 0 Å². The predicted octanol–water partition coefficient (Wildman–Crippen LogP) is 1.54. The number of aromatic nitrogens is 3. The fourth-order valence-electron chi connectivity index (χ4n) is 1.78. The van der Waals surface area contributed by atoms with Crippen molar-refractivity contribution in [1.82, 2.24) is 15.0 Å². The molecule has 0 aliphatic heterocycles. The van der Waals surface area contributed by atoms with Crippen LogP contribution in [0.15, 0.2) is 15.9 Å². The van der Waals surface area contributed by atoms with Crippen LogP contribution in [0.1, 0.15) is 0 Å². The summed E-state index contributed by atoms with van der Waals surface area (Å²) in [5.41, 5.74) is 5.83. The van der Waals surface area contributed by atoms with Gasteiger partial charge in [0.05, 0.1) is 15.6 Å². The molecule has 0 unspecified atom stereocenters. The first-order chi connectivity index (χ1) is 8.60. The highest BCUT2D eigenvalue weighted by atomic mass is 32.2. The maximum absolute atomic E-state index is 11.4. The summed E-state index contributed by atoms with van der Waals surface area (Å²) in [6, 6.07) is 1.15. The molecule has 92 valence electrons. The molecule has 8 heteroatoms. The van der Waals surface area contributed by atoms with Crippen LogP contribution in [0.25, 0.3) is 20.4 Å². The second-order valence-electron chi connectivity index (χ2n) is 3.60. The molecule has 0 saturated carbocycles. The number of nitrogen functional groups attached to an aromatic ring is 1. The highest BCUT2D eigenvalue weighted by molar-refractivity contribution is 7.98. The number of rotatable bonds is 1. The van der Waals surface area contributed by atoms with Gasteiger partial charge in [-0.05, 0) is 6.26 Å². The smallest absolute Gasteiger partial charge is 0.252 e. The van der Waals surface area contributed by atoms with Crippen molar-refractivity contribution in [3.8, 4) is 5.75 Å². The summed E-state index contributed by atoms with van der Waals surface area (Å²) >= 11 is 2.69. The number of nitrogens with two attached hydrogens (primary N) is 1. The molecule has 0 aliphatic rings. The zero-order valence-electron chi connectivity index (χ0n) is 9.22. The molecule has 0 aliphatic carbocycles. The largest absolute Gasteiger partial charge is 0.506 e. The summed E-state index contributed by atoms with van der Waals surface area (Å²) in [6.45, 7) is 0. The molecule has 0 atom stereocenters. The van der Waals surface area contributed by atoms with Crippen LogP contribution in [0.5, 0.6) is 5.75 Å². The molecule has 3 heterocycles. The van der Waals surface area contributed by atoms with Crippen LogP contribution in [0.4, 0.5) is 5.95 Å². The Morgan fingerprint density at radius 3 is 3.00 bits per heavy atom. The number of nitrogens with one attached hydrogen (secondary N) is 1. The van der Waals surface area contributed by atoms with Gasteiger partial charge in [0.15, 0.2) is 0 Å². The third-order valence-corrected chi connectivity index (χ3v) is 4.27. The number of nitrogens with zero attached hydrogens (tertiary/aromatic N) is 2. The number of thiophene rings is 1. The summed E-state index contributed by atoms with van der Waals surface area (Å²) in [4.78, 5) is 23.1. The molecular weight excluding hydrogens is 272 g/mol. The number of aromatic amines is 1. The van der Waals surface area contributed by atoms with E-state index in [0.29, 0.717) is 20.1 Å². The Kier molecular flexibility index (Phi) is 2.42. The predicted molar refractivity (Wildman–Crippen MR) is 73.4 cm³/mol. The van der Waals surface area contributed by atoms with Crippen molar-refractivity contribution in [2.24, 2.45) is 0 Å². The van der Waals surface area contributed by atoms with Crippen LogP contribution in [0.3, 0.4) is 0 Å². The Hall–Kier alpha value is -1.80. The maximum atomic E-state index is 11.4. The van der Waals surface area contributed by atoms with E-state index >= 15 is 0 Å². The lowest BCUT2D eigenvalue weighted by Crippen LogP contribution is -2.02. The summed E-state index contributed by atoms with van der Waals surface area (Å²) < 4.78 is 0.583. The molecule has 3 rings (SSSR count). The zero-order chi connectivity index (χ0) is 12.9. The first-order valence-corrected chi connectivity index (χ1v) is 7.00. The summed E-state index contributed by atoms with van der Waals surface area (Å²) in [5, 5.41) is 11.2. The van der Waals surface area contributed by atoms with E-state index in [2.05, 4.69) is 15.0 Å². The Labute approximate surface area is 109 Å². The van der Waals surface area contributed by atoms with Gasteiger partial charge in [-0.1, -0.05) is 0 Å². The topological polar surface area (TPSA) is 105 Å². The Bertz CT molecular complexity index is 824. The van der Waals surface area contributed by atoms with E-state index < -0.39 is 0 Å². The molecule has 0 radical (unpaired) electrons. The normalized spacial score (nSPS) is 11.4. The summed E-state index contributed by atoms with van der Waals surface area (Å²) in [6.07, 6.45) is 1.87. The molecule has 18 heavy (non-hydrogen) atoms. The lowest BCUT2D eigenvalue weighted by atomic mass is 10.3. The molecule has 3 aromatic heterocycles. The highest BCUT2D eigenvalue weighted by Gasteiger charge is 2.16. The van der Waals surface area contributed by atoms with Gasteiger partial charge in [-0.3, -0.25) is 4.79 Å². The van der Waals surface area contributed by atoms with Crippen molar-refractivity contribution in [3.05, 3.63) is 16.4 Å². The molecule has 0 amide bonds. The number of H-pyrrole nitrogens is 1. The van der Waals surface area contributed by atoms with Gasteiger partial charge in [-0.25, -0.2) is 9.97 Å². The van der Waals surface area contributed by atoms with Gasteiger partial charge in [0.25, 0.3) is 5.56 Å². The van der Waals surface area contributed by atoms with Crippen molar-refractivity contribution in [2.75, 3.05) is 12.0 Å². The fourth-order valence-corrected chi connectivity index (χ4v) is 3.49. The molecule has 3 aromatic rings. The molecule has 0 spiro atoms. The Morgan fingerprint density at radius 1 is 1.50 bits per heavy atom. The van der Waals surface area contributed by atoms with Gasteiger partial charge in [-0.2, -0.15) is 0 Å². The van der Waals surface area contributed by atoms with E-state index in [1.54, 1.807) is 0 Å². The Morgan fingerprint density at radius 2 is 2.28 bits per heavy atom. The van der Waals surface area contributed by atoms with Crippen molar-refractivity contribution in [2.45, 2.75) is 5.03 Å². The molecule has 0 aromatic carbocycles. The summed E-state index contributed by atoms with van der Waals surface area (Å²) in [5.74, 6) is 0.127. The minimum Gasteiger partial charge on any atom is -0.506 e. The van der Waals surface area contributed by atoms with Gasteiger partial charge in [0.2, 0.25) is 5.95 Å². The molecule has 4 N–H and O–H groups in total. The maximum Gasteiger partial charge on any atom is 0.252 e. The number of fused-ring (bicyclic) bond motifs is 3. The highest BCUT2D eigenvalue weighted by Crippen LogP contribution is 2.39. The minimum absolute atomic E-state index is 0.0534. The van der Waals surface area contributed by atoms with Crippen LogP contribution < -0.4 is 11.3 Å². The second-order valence-corrected chi connectivity index (χ2v) is 5.39. The Balaban J connectivity index is 2.61. The van der Waals surface area contributed by atoms with E-state index in [1.807, 2.05) is 6.26 Å². The van der Waals surface area contributed by atoms with Crippen molar-refractivity contribution in [1.29, 1.82) is 0 Å². The lowest BCUT2D eigenvalue weighted by Gasteiger charge is -2.00. The van der Waals surface area contributed by atoms with Gasteiger partial charge in [0.1, 0.15) is 15.6 Å². The lowest BCUT2D eigenvalue weighted by molar-refractivity contribution is 0.481. The molecule has 0 saturated heterocycles. The molecular formula is C10H8N4O2S2.